The summed E-state index contributed by atoms with van der Waals surface area (Å²) in [4.78, 5) is 8.25. The highest BCUT2D eigenvalue weighted by atomic mass is 35.5. The van der Waals surface area contributed by atoms with Crippen LogP contribution in [-0.4, -0.2) is 15.1 Å². The molecule has 0 amide bonds. The quantitative estimate of drug-likeness (QED) is 0.253. The summed E-state index contributed by atoms with van der Waals surface area (Å²) in [6, 6.07) is 20.4. The molecule has 2 heterocycles. The van der Waals surface area contributed by atoms with Crippen molar-refractivity contribution in [1.29, 1.82) is 0 Å². The van der Waals surface area contributed by atoms with Crippen LogP contribution in [0.3, 0.4) is 0 Å². The fraction of sp³-hybridized carbons (Fsp3) is 0.0769. The van der Waals surface area contributed by atoms with Crippen LogP contribution in [0.2, 0.25) is 5.02 Å². The molecule has 4 nitrogen and oxygen atoms in total. The Morgan fingerprint density at radius 2 is 1.85 bits per heavy atom. The molecular formula is C26H20ClFN4S. The van der Waals surface area contributed by atoms with E-state index in [1.807, 2.05) is 37.3 Å². The van der Waals surface area contributed by atoms with Crippen LogP contribution in [-0.2, 0) is 6.42 Å². The molecule has 5 rings (SSSR count). The Hall–Kier alpha value is -3.48. The van der Waals surface area contributed by atoms with Gasteiger partial charge in [-0.1, -0.05) is 29.8 Å². The van der Waals surface area contributed by atoms with Crippen molar-refractivity contribution in [2.24, 2.45) is 5.73 Å². The van der Waals surface area contributed by atoms with Crippen molar-refractivity contribution in [3.8, 4) is 11.1 Å². The number of fused-ring (bicyclic) bond motifs is 3. The maximum Gasteiger partial charge on any atom is 0.168 e. The zero-order chi connectivity index (χ0) is 23.1. The van der Waals surface area contributed by atoms with Gasteiger partial charge in [-0.05, 0) is 78.8 Å². The summed E-state index contributed by atoms with van der Waals surface area (Å²) in [7, 11) is 0. The summed E-state index contributed by atoms with van der Waals surface area (Å²) in [5, 5.41) is 5.96. The van der Waals surface area contributed by atoms with Gasteiger partial charge in [0.25, 0.3) is 0 Å². The third-order valence-corrected chi connectivity index (χ3v) is 6.10. The van der Waals surface area contributed by atoms with E-state index in [0.29, 0.717) is 11.4 Å². The lowest BCUT2D eigenvalue weighted by atomic mass is 10.0. The van der Waals surface area contributed by atoms with Crippen molar-refractivity contribution in [2.75, 3.05) is 5.32 Å². The summed E-state index contributed by atoms with van der Waals surface area (Å²) in [6.45, 7) is 1.99. The zero-order valence-corrected chi connectivity index (χ0v) is 19.3. The molecule has 7 heteroatoms. The van der Waals surface area contributed by atoms with Crippen molar-refractivity contribution >= 4 is 56.4 Å². The number of aromatic nitrogens is 2. The maximum absolute atomic E-state index is 13.3. The minimum absolute atomic E-state index is 0.201. The van der Waals surface area contributed by atoms with Gasteiger partial charge in [0.1, 0.15) is 5.82 Å². The minimum atomic E-state index is -0.242. The highest BCUT2D eigenvalue weighted by Crippen LogP contribution is 2.35. The number of benzene rings is 3. The topological polar surface area (TPSA) is 66.7 Å². The zero-order valence-electron chi connectivity index (χ0n) is 17.7. The minimum Gasteiger partial charge on any atom is -0.376 e. The summed E-state index contributed by atoms with van der Waals surface area (Å²) >= 11 is 11.5. The summed E-state index contributed by atoms with van der Waals surface area (Å²) < 4.78 is 13.3. The summed E-state index contributed by atoms with van der Waals surface area (Å²) in [6.07, 6.45) is 0.627. The van der Waals surface area contributed by atoms with E-state index in [-0.39, 0.29) is 10.9 Å². The van der Waals surface area contributed by atoms with Crippen LogP contribution >= 0.6 is 23.8 Å². The third-order valence-electron chi connectivity index (χ3n) is 5.67. The average Bonchev–Trinajstić information content (AvgIpc) is 3.15. The molecule has 0 aliphatic heterocycles. The molecule has 0 unspecified atom stereocenters. The van der Waals surface area contributed by atoms with Gasteiger partial charge in [-0.15, -0.1) is 0 Å². The molecule has 0 saturated heterocycles. The lowest BCUT2D eigenvalue weighted by Crippen LogP contribution is -2.18. The van der Waals surface area contributed by atoms with E-state index < -0.39 is 0 Å². The predicted molar refractivity (Wildman–Crippen MR) is 138 cm³/mol. The van der Waals surface area contributed by atoms with Crippen LogP contribution in [0.25, 0.3) is 32.9 Å². The smallest absolute Gasteiger partial charge is 0.168 e. The average molecular weight is 475 g/mol. The first-order valence-corrected chi connectivity index (χ1v) is 11.2. The van der Waals surface area contributed by atoms with Gasteiger partial charge in [-0.2, -0.15) is 0 Å². The molecule has 0 aliphatic rings. The Balaban J connectivity index is 1.61. The van der Waals surface area contributed by atoms with E-state index in [0.717, 1.165) is 55.6 Å². The van der Waals surface area contributed by atoms with Crippen molar-refractivity contribution in [3.05, 3.63) is 94.5 Å². The van der Waals surface area contributed by atoms with Gasteiger partial charge in [0, 0.05) is 44.7 Å². The lowest BCUT2D eigenvalue weighted by molar-refractivity contribution is 0.627. The van der Waals surface area contributed by atoms with Crippen molar-refractivity contribution in [2.45, 2.75) is 13.3 Å². The van der Waals surface area contributed by atoms with Crippen LogP contribution in [0, 0.1) is 12.7 Å². The van der Waals surface area contributed by atoms with E-state index >= 15 is 0 Å². The van der Waals surface area contributed by atoms with Gasteiger partial charge in [-0.25, -0.2) is 4.39 Å². The van der Waals surface area contributed by atoms with E-state index in [2.05, 4.69) is 22.4 Å². The SMILES string of the molecule is Cc1nc(Cc2ccc(F)cc2)cc2c1[nH]c1ccc(-c3cc(NC(N)=S)ccc3Cl)cc12. The van der Waals surface area contributed by atoms with Gasteiger partial charge in [0.2, 0.25) is 0 Å². The van der Waals surface area contributed by atoms with Gasteiger partial charge in [-0.3, -0.25) is 4.98 Å². The number of rotatable bonds is 4. The molecule has 0 atom stereocenters. The number of anilines is 1. The number of hydrogen-bond donors (Lipinski definition) is 3. The molecule has 0 fully saturated rings. The fourth-order valence-electron chi connectivity index (χ4n) is 4.15. The fourth-order valence-corrected chi connectivity index (χ4v) is 4.50. The van der Waals surface area contributed by atoms with E-state index in [1.54, 1.807) is 12.1 Å². The standard InChI is InChI=1S/C26H20ClFN4S/c1-14-25-22(13-19(30-14)10-15-2-5-17(28)6-3-15)21-11-16(4-9-24(21)32-25)20-12-18(31-26(29)33)7-8-23(20)27/h2-9,11-13,32H,10H2,1H3,(H3,29,31,33). The maximum atomic E-state index is 13.3. The van der Waals surface area contributed by atoms with E-state index in [4.69, 9.17) is 34.5 Å². The van der Waals surface area contributed by atoms with Crippen molar-refractivity contribution in [1.82, 2.24) is 9.97 Å². The number of H-pyrrole nitrogens is 1. The van der Waals surface area contributed by atoms with Gasteiger partial charge >= 0.3 is 0 Å². The predicted octanol–water partition coefficient (Wildman–Crippen LogP) is 6.73. The number of pyridine rings is 1. The van der Waals surface area contributed by atoms with Crippen molar-refractivity contribution in [3.63, 3.8) is 0 Å². The monoisotopic (exact) mass is 474 g/mol. The van der Waals surface area contributed by atoms with Crippen LogP contribution in [0.5, 0.6) is 0 Å². The first-order valence-electron chi connectivity index (χ1n) is 10.4. The molecule has 164 valence electrons. The second-order valence-electron chi connectivity index (χ2n) is 7.99. The Bertz CT molecular complexity index is 1530. The molecule has 33 heavy (non-hydrogen) atoms. The van der Waals surface area contributed by atoms with Crippen LogP contribution in [0.15, 0.2) is 66.7 Å². The Morgan fingerprint density at radius 1 is 1.06 bits per heavy atom. The molecule has 4 N–H and O–H groups in total. The number of hydrogen-bond acceptors (Lipinski definition) is 2. The number of nitrogens with one attached hydrogen (secondary N) is 2. The summed E-state index contributed by atoms with van der Waals surface area (Å²) in [5.41, 5.74) is 13.1. The van der Waals surface area contributed by atoms with Crippen molar-refractivity contribution < 1.29 is 4.39 Å². The van der Waals surface area contributed by atoms with Crippen LogP contribution in [0.4, 0.5) is 10.1 Å². The Labute approximate surface area is 200 Å². The number of aromatic amines is 1. The third kappa shape index (κ3) is 4.27. The number of nitrogens with zero attached hydrogens (tertiary/aromatic N) is 1. The Kier molecular flexibility index (Phi) is 5.48. The second-order valence-corrected chi connectivity index (χ2v) is 8.84. The first kappa shape index (κ1) is 21.4. The number of halogens is 2. The highest BCUT2D eigenvalue weighted by molar-refractivity contribution is 7.80. The highest BCUT2D eigenvalue weighted by Gasteiger charge is 2.13. The molecule has 5 aromatic rings. The molecule has 3 aromatic carbocycles. The second kappa shape index (κ2) is 8.46. The van der Waals surface area contributed by atoms with Gasteiger partial charge in [0.15, 0.2) is 5.11 Å². The molecule has 0 bridgehead atoms. The molecule has 0 spiro atoms. The molecule has 2 aromatic heterocycles. The molecule has 0 radical (unpaired) electrons. The van der Waals surface area contributed by atoms with Gasteiger partial charge in [0.05, 0.1) is 11.2 Å². The van der Waals surface area contributed by atoms with Crippen LogP contribution in [0.1, 0.15) is 17.0 Å². The Morgan fingerprint density at radius 3 is 2.61 bits per heavy atom. The number of thiocarbonyl (C=S) groups is 1. The van der Waals surface area contributed by atoms with E-state index in [1.165, 1.54) is 12.1 Å². The normalized spacial score (nSPS) is 11.2. The molecular weight excluding hydrogens is 455 g/mol. The molecule has 0 saturated carbocycles. The lowest BCUT2D eigenvalue weighted by Gasteiger charge is -2.10. The summed E-state index contributed by atoms with van der Waals surface area (Å²) in [5.74, 6) is -0.242. The number of aryl methyl sites for hydroxylation is 1. The largest absolute Gasteiger partial charge is 0.376 e. The molecule has 0 aliphatic carbocycles. The van der Waals surface area contributed by atoms with Gasteiger partial charge < -0.3 is 16.0 Å². The first-order chi connectivity index (χ1) is 15.9. The number of nitrogens with two attached hydrogens (primary N) is 1. The van der Waals surface area contributed by atoms with Crippen LogP contribution < -0.4 is 11.1 Å². The van der Waals surface area contributed by atoms with E-state index in [9.17, 15) is 4.39 Å².